The minimum absolute atomic E-state index is 0.102. The summed E-state index contributed by atoms with van der Waals surface area (Å²) in [5.74, 6) is -0.808. The van der Waals surface area contributed by atoms with Crippen molar-refractivity contribution in [3.8, 4) is 16.9 Å². The molecule has 4 aromatic rings. The van der Waals surface area contributed by atoms with Crippen LogP contribution in [0, 0.1) is 11.7 Å². The number of hydrogen-bond donors (Lipinski definition) is 3. The van der Waals surface area contributed by atoms with Crippen LogP contribution in [0.1, 0.15) is 33.7 Å². The van der Waals surface area contributed by atoms with E-state index in [-0.39, 0.29) is 40.3 Å². The molecule has 1 fully saturated rings. The zero-order chi connectivity index (χ0) is 28.8. The molecule has 2 aromatic heterocycles. The molecule has 3 heterocycles. The topological polar surface area (TPSA) is 112 Å². The van der Waals surface area contributed by atoms with Crippen LogP contribution in [0.4, 0.5) is 10.2 Å². The molecule has 1 aliphatic rings. The van der Waals surface area contributed by atoms with E-state index in [0.29, 0.717) is 30.3 Å². The van der Waals surface area contributed by atoms with Gasteiger partial charge in [0.05, 0.1) is 22.9 Å². The third kappa shape index (κ3) is 6.79. The van der Waals surface area contributed by atoms with Crippen LogP contribution in [0.5, 0.6) is 0 Å². The summed E-state index contributed by atoms with van der Waals surface area (Å²) in [5.41, 5.74) is 1.42. The van der Waals surface area contributed by atoms with E-state index in [9.17, 15) is 14.0 Å². The van der Waals surface area contributed by atoms with Gasteiger partial charge in [-0.1, -0.05) is 35.9 Å². The lowest BCUT2D eigenvalue weighted by molar-refractivity contribution is 0.0926. The number of para-hydroxylation sites is 1. The molecule has 0 unspecified atom stereocenters. The number of amides is 2. The summed E-state index contributed by atoms with van der Waals surface area (Å²) in [6.45, 7) is 3.09. The summed E-state index contributed by atoms with van der Waals surface area (Å²) in [4.78, 5) is 32.8. The van der Waals surface area contributed by atoms with Gasteiger partial charge in [0.15, 0.2) is 5.69 Å². The third-order valence-electron chi connectivity index (χ3n) is 7.10. The Morgan fingerprint density at radius 2 is 1.80 bits per heavy atom. The zero-order valence-corrected chi connectivity index (χ0v) is 23.0. The van der Waals surface area contributed by atoms with E-state index in [0.717, 1.165) is 25.9 Å². The number of rotatable bonds is 9. The highest BCUT2D eigenvalue weighted by Gasteiger charge is 2.22. The lowest BCUT2D eigenvalue weighted by Gasteiger charge is -2.31. The molecule has 0 radical (unpaired) electrons. The minimum atomic E-state index is -0.549. The Bertz CT molecular complexity index is 1520. The first kappa shape index (κ1) is 28.4. The number of halogens is 2. The van der Waals surface area contributed by atoms with Gasteiger partial charge in [0.2, 0.25) is 0 Å². The van der Waals surface area contributed by atoms with Crippen molar-refractivity contribution in [1.29, 1.82) is 0 Å². The van der Waals surface area contributed by atoms with Gasteiger partial charge in [0.25, 0.3) is 11.8 Å². The summed E-state index contributed by atoms with van der Waals surface area (Å²) in [5, 5.41) is 19.6. The third-order valence-corrected chi connectivity index (χ3v) is 7.43. The molecular formula is C30H30ClFN6O3. The van der Waals surface area contributed by atoms with E-state index in [1.165, 1.54) is 41.2 Å². The van der Waals surface area contributed by atoms with Gasteiger partial charge in [-0.3, -0.25) is 14.6 Å². The smallest absolute Gasteiger partial charge is 0.271 e. The van der Waals surface area contributed by atoms with E-state index in [2.05, 4.69) is 25.6 Å². The van der Waals surface area contributed by atoms with E-state index in [1.807, 2.05) is 30.3 Å². The molecule has 2 amide bonds. The number of anilines is 1. The number of carbonyl (C=O) groups excluding carboxylic acids is 2. The van der Waals surface area contributed by atoms with Crippen LogP contribution >= 0.6 is 11.6 Å². The monoisotopic (exact) mass is 576 g/mol. The van der Waals surface area contributed by atoms with Crippen LogP contribution in [0.25, 0.3) is 16.9 Å². The van der Waals surface area contributed by atoms with Crippen molar-refractivity contribution in [3.05, 3.63) is 95.0 Å². The van der Waals surface area contributed by atoms with Crippen LogP contribution in [0.2, 0.25) is 5.02 Å². The van der Waals surface area contributed by atoms with Crippen LogP contribution in [-0.4, -0.2) is 69.4 Å². The lowest BCUT2D eigenvalue weighted by Crippen LogP contribution is -2.39. The molecule has 9 nitrogen and oxygen atoms in total. The quantitative estimate of drug-likeness (QED) is 0.272. The van der Waals surface area contributed by atoms with Crippen molar-refractivity contribution in [1.82, 2.24) is 25.0 Å². The Kier molecular flexibility index (Phi) is 9.03. The lowest BCUT2D eigenvalue weighted by atomic mass is 9.97. The maximum atomic E-state index is 14.3. The minimum Gasteiger partial charge on any atom is -0.395 e. The van der Waals surface area contributed by atoms with E-state index < -0.39 is 11.7 Å². The highest BCUT2D eigenvalue weighted by atomic mass is 35.5. The van der Waals surface area contributed by atoms with Gasteiger partial charge < -0.3 is 20.6 Å². The molecule has 0 saturated carbocycles. The summed E-state index contributed by atoms with van der Waals surface area (Å²) in [6, 6.07) is 18.0. The highest BCUT2D eigenvalue weighted by molar-refractivity contribution is 6.34. The average molecular weight is 577 g/mol. The first-order valence-electron chi connectivity index (χ1n) is 13.4. The Balaban J connectivity index is 1.35. The second-order valence-electron chi connectivity index (χ2n) is 9.86. The van der Waals surface area contributed by atoms with Crippen LogP contribution in [-0.2, 0) is 0 Å². The molecule has 41 heavy (non-hydrogen) atoms. The zero-order valence-electron chi connectivity index (χ0n) is 22.3. The number of nitrogens with zero attached hydrogens (tertiary/aromatic N) is 4. The molecule has 5 rings (SSSR count). The molecule has 11 heteroatoms. The Morgan fingerprint density at radius 1 is 1.02 bits per heavy atom. The van der Waals surface area contributed by atoms with Gasteiger partial charge in [-0.05, 0) is 68.2 Å². The maximum absolute atomic E-state index is 14.3. The Hall–Kier alpha value is -4.12. The number of aliphatic hydroxyl groups excluding tert-OH is 1. The van der Waals surface area contributed by atoms with Crippen molar-refractivity contribution >= 4 is 29.2 Å². The van der Waals surface area contributed by atoms with Crippen molar-refractivity contribution in [2.75, 3.05) is 38.1 Å². The van der Waals surface area contributed by atoms with Crippen LogP contribution in [0.3, 0.4) is 0 Å². The van der Waals surface area contributed by atoms with Crippen molar-refractivity contribution in [2.45, 2.75) is 12.8 Å². The molecule has 0 aliphatic carbocycles. The number of hydrogen-bond acceptors (Lipinski definition) is 6. The second-order valence-corrected chi connectivity index (χ2v) is 10.3. The van der Waals surface area contributed by atoms with Gasteiger partial charge >= 0.3 is 0 Å². The summed E-state index contributed by atoms with van der Waals surface area (Å²) in [6.07, 6.45) is 3.34. The number of nitrogens with one attached hydrogen (secondary N) is 2. The van der Waals surface area contributed by atoms with Crippen LogP contribution in [0.15, 0.2) is 72.9 Å². The fourth-order valence-corrected chi connectivity index (χ4v) is 5.06. The number of β-amino-alcohol motifs (C(OH)–C–C–N with tert-alkyl or cyclic N) is 1. The van der Waals surface area contributed by atoms with Gasteiger partial charge in [0.1, 0.15) is 17.3 Å². The summed E-state index contributed by atoms with van der Waals surface area (Å²) in [7, 11) is 0. The highest BCUT2D eigenvalue weighted by Crippen LogP contribution is 2.27. The molecule has 1 aliphatic heterocycles. The van der Waals surface area contributed by atoms with E-state index in [1.54, 1.807) is 6.07 Å². The number of piperidine rings is 1. The number of aromatic nitrogens is 3. The first-order valence-corrected chi connectivity index (χ1v) is 13.8. The molecule has 1 saturated heterocycles. The molecule has 0 spiro atoms. The number of carbonyl (C=O) groups is 2. The maximum Gasteiger partial charge on any atom is 0.271 e. The van der Waals surface area contributed by atoms with Gasteiger partial charge in [-0.2, -0.15) is 5.10 Å². The summed E-state index contributed by atoms with van der Waals surface area (Å²) >= 11 is 6.36. The molecule has 3 N–H and O–H groups in total. The van der Waals surface area contributed by atoms with Crippen LogP contribution < -0.4 is 10.6 Å². The molecule has 0 atom stereocenters. The standard InChI is InChI=1S/C30H30ClFN6O3/c31-24-9-8-21(28-25(32)7-4-12-33-28)17-23(24)29(40)35-27-18-26(36-38(27)22-5-2-1-3-6-22)30(41)34-19-20-10-13-37(14-11-20)15-16-39/h1-9,12,17-18,20,39H,10-11,13-16,19H2,(H,34,41)(H,35,40). The molecular weight excluding hydrogens is 547 g/mol. The van der Waals surface area contributed by atoms with Gasteiger partial charge in [-0.15, -0.1) is 0 Å². The van der Waals surface area contributed by atoms with Crippen molar-refractivity contribution in [3.63, 3.8) is 0 Å². The normalized spacial score (nSPS) is 14.1. The van der Waals surface area contributed by atoms with E-state index >= 15 is 0 Å². The Morgan fingerprint density at radius 3 is 2.54 bits per heavy atom. The number of benzene rings is 2. The van der Waals surface area contributed by atoms with Gasteiger partial charge in [0, 0.05) is 30.9 Å². The predicted octanol–water partition coefficient (Wildman–Crippen LogP) is 4.41. The fraction of sp³-hybridized carbons (Fsp3) is 0.267. The van der Waals surface area contributed by atoms with Gasteiger partial charge in [-0.25, -0.2) is 9.07 Å². The number of aliphatic hydroxyl groups is 1. The largest absolute Gasteiger partial charge is 0.395 e. The molecule has 2 aromatic carbocycles. The summed E-state index contributed by atoms with van der Waals surface area (Å²) < 4.78 is 15.8. The second kappa shape index (κ2) is 13.0. The first-order chi connectivity index (χ1) is 19.9. The molecule has 212 valence electrons. The van der Waals surface area contributed by atoms with Crippen molar-refractivity contribution < 1.29 is 19.1 Å². The fourth-order valence-electron chi connectivity index (χ4n) is 4.86. The predicted molar refractivity (Wildman–Crippen MR) is 155 cm³/mol. The number of likely N-dealkylation sites (tertiary alicyclic amines) is 1. The van der Waals surface area contributed by atoms with E-state index in [4.69, 9.17) is 16.7 Å². The average Bonchev–Trinajstić information content (AvgIpc) is 3.41. The SMILES string of the molecule is O=C(NCC1CCN(CCO)CC1)c1cc(NC(=O)c2cc(-c3ncccc3F)ccc2Cl)n(-c2ccccc2)n1. The Labute approximate surface area is 242 Å². The van der Waals surface area contributed by atoms with Crippen molar-refractivity contribution in [2.24, 2.45) is 5.92 Å². The molecule has 0 bridgehead atoms. The number of pyridine rings is 1.